The fourth-order valence-electron chi connectivity index (χ4n) is 3.58. The summed E-state index contributed by atoms with van der Waals surface area (Å²) in [6.45, 7) is 7.78. The molecule has 2 aromatic rings. The number of nitrogens with zero attached hydrogens (tertiary/aromatic N) is 4. The van der Waals surface area contributed by atoms with Gasteiger partial charge < -0.3 is 15.0 Å². The van der Waals surface area contributed by atoms with Crippen LogP contribution in [0.5, 0.6) is 0 Å². The zero-order valence-electron chi connectivity index (χ0n) is 14.2. The van der Waals surface area contributed by atoms with Crippen LogP contribution in [-0.2, 0) is 17.7 Å². The molecule has 0 aromatic carbocycles. The fraction of sp³-hybridized carbons (Fsp3) is 0.500. The van der Waals surface area contributed by atoms with Gasteiger partial charge in [0.15, 0.2) is 5.82 Å². The van der Waals surface area contributed by atoms with Gasteiger partial charge >= 0.3 is 0 Å². The summed E-state index contributed by atoms with van der Waals surface area (Å²) < 4.78 is 5.89. The van der Waals surface area contributed by atoms with Gasteiger partial charge in [0.1, 0.15) is 5.82 Å². The second kappa shape index (κ2) is 6.45. The third-order valence-electron chi connectivity index (χ3n) is 4.57. The largest absolute Gasteiger partial charge is 0.372 e. The van der Waals surface area contributed by atoms with E-state index in [1.807, 2.05) is 12.1 Å². The lowest BCUT2D eigenvalue weighted by Crippen LogP contribution is -2.46. The second-order valence-corrected chi connectivity index (χ2v) is 6.62. The lowest BCUT2D eigenvalue weighted by molar-refractivity contribution is -0.00552. The van der Waals surface area contributed by atoms with Crippen molar-refractivity contribution in [2.45, 2.75) is 39.0 Å². The van der Waals surface area contributed by atoms with Crippen molar-refractivity contribution in [3.63, 3.8) is 0 Å². The maximum atomic E-state index is 5.89. The first kappa shape index (κ1) is 15.5. The van der Waals surface area contributed by atoms with Gasteiger partial charge in [0.05, 0.1) is 17.9 Å². The van der Waals surface area contributed by atoms with Gasteiger partial charge in [0.2, 0.25) is 0 Å². The van der Waals surface area contributed by atoms with Crippen molar-refractivity contribution in [3.8, 4) is 11.4 Å². The SMILES string of the molecule is C[C@@H]1CN(c2nc(-c3ccncc3)nc3c2CCNC3)C[C@H](C)O1. The molecule has 1 fully saturated rings. The van der Waals surface area contributed by atoms with E-state index in [0.29, 0.717) is 0 Å². The Morgan fingerprint density at radius 2 is 1.88 bits per heavy atom. The first-order valence-electron chi connectivity index (χ1n) is 8.62. The smallest absolute Gasteiger partial charge is 0.161 e. The van der Waals surface area contributed by atoms with Crippen molar-refractivity contribution in [1.29, 1.82) is 0 Å². The Labute approximate surface area is 142 Å². The van der Waals surface area contributed by atoms with E-state index in [4.69, 9.17) is 14.7 Å². The van der Waals surface area contributed by atoms with Crippen LogP contribution in [0.3, 0.4) is 0 Å². The van der Waals surface area contributed by atoms with Gasteiger partial charge in [-0.15, -0.1) is 0 Å². The molecule has 2 aliphatic heterocycles. The summed E-state index contributed by atoms with van der Waals surface area (Å²) in [5.74, 6) is 1.86. The number of hydrogen-bond acceptors (Lipinski definition) is 6. The molecule has 0 bridgehead atoms. The van der Waals surface area contributed by atoms with Gasteiger partial charge in [-0.1, -0.05) is 0 Å². The maximum Gasteiger partial charge on any atom is 0.161 e. The molecule has 126 valence electrons. The van der Waals surface area contributed by atoms with E-state index in [9.17, 15) is 0 Å². The summed E-state index contributed by atoms with van der Waals surface area (Å²) in [6, 6.07) is 3.93. The Balaban J connectivity index is 1.79. The highest BCUT2D eigenvalue weighted by Gasteiger charge is 2.28. The molecule has 0 spiro atoms. The Bertz CT molecular complexity index is 711. The average molecular weight is 325 g/mol. The van der Waals surface area contributed by atoms with E-state index >= 15 is 0 Å². The summed E-state index contributed by atoms with van der Waals surface area (Å²) in [5.41, 5.74) is 3.41. The molecule has 0 saturated carbocycles. The van der Waals surface area contributed by atoms with Gasteiger partial charge in [0.25, 0.3) is 0 Å². The molecule has 6 heteroatoms. The van der Waals surface area contributed by atoms with E-state index in [1.54, 1.807) is 12.4 Å². The van der Waals surface area contributed by atoms with Crippen LogP contribution in [0.4, 0.5) is 5.82 Å². The molecule has 6 nitrogen and oxygen atoms in total. The van der Waals surface area contributed by atoms with Gasteiger partial charge in [-0.25, -0.2) is 9.97 Å². The molecule has 24 heavy (non-hydrogen) atoms. The quantitative estimate of drug-likeness (QED) is 0.908. The second-order valence-electron chi connectivity index (χ2n) is 6.62. The lowest BCUT2D eigenvalue weighted by atomic mass is 10.0. The zero-order chi connectivity index (χ0) is 16.5. The molecule has 2 aliphatic rings. The topological polar surface area (TPSA) is 63.2 Å². The normalized spacial score (nSPS) is 23.8. The van der Waals surface area contributed by atoms with Crippen LogP contribution in [0.25, 0.3) is 11.4 Å². The number of hydrogen-bond donors (Lipinski definition) is 1. The third-order valence-corrected chi connectivity index (χ3v) is 4.57. The van der Waals surface area contributed by atoms with Crippen molar-refractivity contribution in [2.24, 2.45) is 0 Å². The Hall–Kier alpha value is -2.05. The molecule has 0 unspecified atom stereocenters. The number of ether oxygens (including phenoxy) is 1. The predicted octanol–water partition coefficient (Wildman–Crippen LogP) is 1.80. The summed E-state index contributed by atoms with van der Waals surface area (Å²) in [6.07, 6.45) is 4.97. The van der Waals surface area contributed by atoms with Crippen LogP contribution in [0.1, 0.15) is 25.1 Å². The average Bonchev–Trinajstić information content (AvgIpc) is 2.60. The summed E-state index contributed by atoms with van der Waals surface area (Å²) in [4.78, 5) is 16.2. The fourth-order valence-corrected chi connectivity index (χ4v) is 3.58. The number of fused-ring (bicyclic) bond motifs is 1. The molecular weight excluding hydrogens is 302 g/mol. The number of nitrogens with one attached hydrogen (secondary N) is 1. The number of morpholine rings is 1. The standard InChI is InChI=1S/C18H23N5O/c1-12-10-23(11-13(2)24-12)18-15-5-8-20-9-16(15)21-17(22-18)14-3-6-19-7-4-14/h3-4,6-7,12-13,20H,5,8-11H2,1-2H3/t12-,13+. The molecule has 2 atom stereocenters. The minimum Gasteiger partial charge on any atom is -0.372 e. The molecule has 1 N–H and O–H groups in total. The highest BCUT2D eigenvalue weighted by Crippen LogP contribution is 2.29. The van der Waals surface area contributed by atoms with Crippen molar-refractivity contribution < 1.29 is 4.74 Å². The third kappa shape index (κ3) is 2.99. The number of aromatic nitrogens is 3. The van der Waals surface area contributed by atoms with E-state index in [-0.39, 0.29) is 12.2 Å². The molecule has 4 rings (SSSR count). The van der Waals surface area contributed by atoms with Crippen LogP contribution in [0, 0.1) is 0 Å². The van der Waals surface area contributed by atoms with E-state index < -0.39 is 0 Å². The van der Waals surface area contributed by atoms with Crippen molar-refractivity contribution in [1.82, 2.24) is 20.3 Å². The summed E-state index contributed by atoms with van der Waals surface area (Å²) in [5, 5.41) is 3.42. The van der Waals surface area contributed by atoms with Gasteiger partial charge in [0, 0.05) is 43.2 Å². The van der Waals surface area contributed by atoms with E-state index in [1.165, 1.54) is 5.56 Å². The van der Waals surface area contributed by atoms with Crippen LogP contribution in [0.2, 0.25) is 0 Å². The highest BCUT2D eigenvalue weighted by molar-refractivity contribution is 5.61. The first-order valence-corrected chi connectivity index (χ1v) is 8.62. The maximum absolute atomic E-state index is 5.89. The first-order chi connectivity index (χ1) is 11.7. The van der Waals surface area contributed by atoms with Crippen LogP contribution < -0.4 is 10.2 Å². The summed E-state index contributed by atoms with van der Waals surface area (Å²) >= 11 is 0. The predicted molar refractivity (Wildman–Crippen MR) is 92.9 cm³/mol. The van der Waals surface area contributed by atoms with Crippen LogP contribution >= 0.6 is 0 Å². The van der Waals surface area contributed by atoms with Gasteiger partial charge in [-0.2, -0.15) is 0 Å². The molecule has 4 heterocycles. The molecule has 0 amide bonds. The minimum atomic E-state index is 0.213. The monoisotopic (exact) mass is 325 g/mol. The Kier molecular flexibility index (Phi) is 4.16. The van der Waals surface area contributed by atoms with Crippen LogP contribution in [-0.4, -0.2) is 46.8 Å². The Morgan fingerprint density at radius 3 is 2.62 bits per heavy atom. The molecule has 0 aliphatic carbocycles. The molecular formula is C18H23N5O. The number of anilines is 1. The number of pyridine rings is 1. The minimum absolute atomic E-state index is 0.213. The van der Waals surface area contributed by atoms with E-state index in [0.717, 1.165) is 55.5 Å². The molecule has 2 aromatic heterocycles. The zero-order valence-corrected chi connectivity index (χ0v) is 14.2. The number of rotatable bonds is 2. The van der Waals surface area contributed by atoms with Crippen molar-refractivity contribution >= 4 is 5.82 Å². The highest BCUT2D eigenvalue weighted by atomic mass is 16.5. The molecule has 1 saturated heterocycles. The van der Waals surface area contributed by atoms with Crippen LogP contribution in [0.15, 0.2) is 24.5 Å². The van der Waals surface area contributed by atoms with Gasteiger partial charge in [-0.3, -0.25) is 4.98 Å². The summed E-state index contributed by atoms with van der Waals surface area (Å²) in [7, 11) is 0. The molecule has 0 radical (unpaired) electrons. The Morgan fingerprint density at radius 1 is 1.12 bits per heavy atom. The van der Waals surface area contributed by atoms with Gasteiger partial charge in [-0.05, 0) is 38.9 Å². The van der Waals surface area contributed by atoms with Crippen molar-refractivity contribution in [3.05, 3.63) is 35.8 Å². The van der Waals surface area contributed by atoms with Crippen molar-refractivity contribution in [2.75, 3.05) is 24.5 Å². The lowest BCUT2D eigenvalue weighted by Gasteiger charge is -2.37. The van der Waals surface area contributed by atoms with E-state index in [2.05, 4.69) is 29.0 Å².